The highest BCUT2D eigenvalue weighted by atomic mass is 32.2. The van der Waals surface area contributed by atoms with E-state index in [0.29, 0.717) is 0 Å². The number of hydrogen-bond acceptors (Lipinski definition) is 9. The van der Waals surface area contributed by atoms with E-state index in [2.05, 4.69) is 0 Å². The summed E-state index contributed by atoms with van der Waals surface area (Å²) < 4.78 is 40.0. The van der Waals surface area contributed by atoms with Gasteiger partial charge in [0.1, 0.15) is 36.3 Å². The molecule has 6 atom stereocenters. The zero-order valence-corrected chi connectivity index (χ0v) is 11.1. The minimum Gasteiger partial charge on any atom is -0.394 e. The lowest BCUT2D eigenvalue weighted by atomic mass is 10.00. The molecule has 1 heterocycles. The molecule has 0 saturated carbocycles. The standard InChI is InChI=1S/C9H18O10S/c10-1-4(11)2-18-9-8(14)7(13)6(12)5(19-9)3-20(15,16)17/h4-14H,1-3H2,(H,15,16,17)/t4?,5-,6-,7+,8-,9-/m1/s1. The molecule has 120 valence electrons. The van der Waals surface area contributed by atoms with Gasteiger partial charge in [0.25, 0.3) is 10.1 Å². The summed E-state index contributed by atoms with van der Waals surface area (Å²) in [5.41, 5.74) is 0. The summed E-state index contributed by atoms with van der Waals surface area (Å²) in [6.45, 7) is -1.05. The highest BCUT2D eigenvalue weighted by Crippen LogP contribution is 2.23. The first kappa shape index (κ1) is 17.7. The molecule has 0 bridgehead atoms. The Hall–Kier alpha value is -0.370. The molecular weight excluding hydrogens is 300 g/mol. The van der Waals surface area contributed by atoms with E-state index >= 15 is 0 Å². The number of aliphatic hydroxyl groups excluding tert-OH is 5. The van der Waals surface area contributed by atoms with E-state index in [4.69, 9.17) is 24.2 Å². The molecule has 0 aromatic rings. The molecule has 1 fully saturated rings. The second kappa shape index (κ2) is 7.06. The van der Waals surface area contributed by atoms with Crippen LogP contribution in [0.1, 0.15) is 0 Å². The molecule has 0 aromatic heterocycles. The zero-order valence-electron chi connectivity index (χ0n) is 10.3. The number of hydrogen-bond donors (Lipinski definition) is 6. The molecule has 1 aliphatic heterocycles. The monoisotopic (exact) mass is 318 g/mol. The van der Waals surface area contributed by atoms with Gasteiger partial charge in [-0.25, -0.2) is 0 Å². The summed E-state index contributed by atoms with van der Waals surface area (Å²) in [5, 5.41) is 46.4. The summed E-state index contributed by atoms with van der Waals surface area (Å²) in [6, 6.07) is 0. The maximum atomic E-state index is 10.8. The van der Waals surface area contributed by atoms with Crippen molar-refractivity contribution in [2.75, 3.05) is 19.0 Å². The Balaban J connectivity index is 2.70. The van der Waals surface area contributed by atoms with Gasteiger partial charge in [-0.05, 0) is 0 Å². The molecular formula is C9H18O10S. The van der Waals surface area contributed by atoms with Crippen LogP contribution < -0.4 is 0 Å². The Kier molecular flexibility index (Phi) is 6.25. The normalized spacial score (nSPS) is 36.8. The summed E-state index contributed by atoms with van der Waals surface area (Å²) >= 11 is 0. The first-order valence-electron chi connectivity index (χ1n) is 5.71. The summed E-state index contributed by atoms with van der Waals surface area (Å²) in [6.07, 6.45) is -9.48. The van der Waals surface area contributed by atoms with Gasteiger partial charge in [0.2, 0.25) is 0 Å². The van der Waals surface area contributed by atoms with Crippen LogP contribution in [0.5, 0.6) is 0 Å². The lowest BCUT2D eigenvalue weighted by molar-refractivity contribution is -0.296. The zero-order chi connectivity index (χ0) is 15.5. The topological polar surface area (TPSA) is 174 Å². The first-order chi connectivity index (χ1) is 9.15. The Morgan fingerprint density at radius 1 is 1.15 bits per heavy atom. The van der Waals surface area contributed by atoms with Crippen LogP contribution in [-0.2, 0) is 19.6 Å². The van der Waals surface area contributed by atoms with E-state index in [9.17, 15) is 23.7 Å². The van der Waals surface area contributed by atoms with Crippen molar-refractivity contribution >= 4 is 10.1 Å². The molecule has 11 heteroatoms. The minimum atomic E-state index is -4.48. The summed E-state index contributed by atoms with van der Waals surface area (Å²) in [7, 11) is -4.48. The molecule has 1 rings (SSSR count). The van der Waals surface area contributed by atoms with Crippen LogP contribution in [0.2, 0.25) is 0 Å². The van der Waals surface area contributed by atoms with Crippen molar-refractivity contribution in [1.82, 2.24) is 0 Å². The predicted molar refractivity (Wildman–Crippen MR) is 62.1 cm³/mol. The SMILES string of the molecule is O=S(=O)(O)C[C@H]1O[C@@H](OCC(O)CO)[C@H](O)[C@@H](O)[C@@H]1O. The molecule has 1 saturated heterocycles. The van der Waals surface area contributed by atoms with Crippen molar-refractivity contribution in [2.24, 2.45) is 0 Å². The van der Waals surface area contributed by atoms with Gasteiger partial charge in [-0.2, -0.15) is 8.42 Å². The maximum absolute atomic E-state index is 10.8. The fourth-order valence-corrected chi connectivity index (χ4v) is 2.35. The minimum absolute atomic E-state index is 0.445. The van der Waals surface area contributed by atoms with Gasteiger partial charge in [-0.3, -0.25) is 4.55 Å². The molecule has 0 spiro atoms. The van der Waals surface area contributed by atoms with Gasteiger partial charge in [-0.1, -0.05) is 0 Å². The van der Waals surface area contributed by atoms with Crippen LogP contribution in [0.4, 0.5) is 0 Å². The predicted octanol–water partition coefficient (Wildman–Crippen LogP) is -3.95. The lowest BCUT2D eigenvalue weighted by Crippen LogP contribution is -2.60. The number of aliphatic hydroxyl groups is 5. The van der Waals surface area contributed by atoms with Crippen LogP contribution in [-0.4, -0.2) is 94.3 Å². The Bertz CT molecular complexity index is 398. The third-order valence-corrected chi connectivity index (χ3v) is 3.46. The average Bonchev–Trinajstić information content (AvgIpc) is 2.36. The van der Waals surface area contributed by atoms with Crippen LogP contribution in [0.3, 0.4) is 0 Å². The molecule has 6 N–H and O–H groups in total. The van der Waals surface area contributed by atoms with Gasteiger partial charge in [0.15, 0.2) is 6.29 Å². The summed E-state index contributed by atoms with van der Waals surface area (Å²) in [5.74, 6) is -1.000. The molecule has 0 aliphatic carbocycles. The second-order valence-corrected chi connectivity index (χ2v) is 5.93. The highest BCUT2D eigenvalue weighted by molar-refractivity contribution is 7.85. The molecule has 10 nitrogen and oxygen atoms in total. The van der Waals surface area contributed by atoms with Crippen molar-refractivity contribution in [3.63, 3.8) is 0 Å². The van der Waals surface area contributed by atoms with Gasteiger partial charge in [0, 0.05) is 0 Å². The molecule has 20 heavy (non-hydrogen) atoms. The smallest absolute Gasteiger partial charge is 0.267 e. The maximum Gasteiger partial charge on any atom is 0.267 e. The van der Waals surface area contributed by atoms with Crippen molar-refractivity contribution < 1.29 is 48.0 Å². The fourth-order valence-electron chi connectivity index (χ4n) is 1.66. The third-order valence-electron chi connectivity index (χ3n) is 2.71. The van der Waals surface area contributed by atoms with Gasteiger partial charge in [-0.15, -0.1) is 0 Å². The van der Waals surface area contributed by atoms with E-state index in [0.717, 1.165) is 0 Å². The molecule has 1 unspecified atom stereocenters. The molecule has 0 aromatic carbocycles. The van der Waals surface area contributed by atoms with Crippen LogP contribution in [0, 0.1) is 0 Å². The molecule has 0 amide bonds. The molecule has 1 aliphatic rings. The van der Waals surface area contributed by atoms with E-state index < -0.39 is 65.9 Å². The van der Waals surface area contributed by atoms with E-state index in [1.165, 1.54) is 0 Å². The van der Waals surface area contributed by atoms with E-state index in [-0.39, 0.29) is 0 Å². The second-order valence-electron chi connectivity index (χ2n) is 4.43. The lowest BCUT2D eigenvalue weighted by Gasteiger charge is -2.40. The number of ether oxygens (including phenoxy) is 2. The fraction of sp³-hybridized carbons (Fsp3) is 1.00. The van der Waals surface area contributed by atoms with Crippen LogP contribution in [0.15, 0.2) is 0 Å². The van der Waals surface area contributed by atoms with Gasteiger partial charge < -0.3 is 35.0 Å². The Morgan fingerprint density at radius 3 is 2.25 bits per heavy atom. The van der Waals surface area contributed by atoms with Gasteiger partial charge >= 0.3 is 0 Å². The Morgan fingerprint density at radius 2 is 1.75 bits per heavy atom. The Labute approximate surface area is 114 Å². The average molecular weight is 318 g/mol. The highest BCUT2D eigenvalue weighted by Gasteiger charge is 2.45. The molecule has 0 radical (unpaired) electrons. The van der Waals surface area contributed by atoms with Gasteiger partial charge in [0.05, 0.1) is 13.2 Å². The summed E-state index contributed by atoms with van der Waals surface area (Å²) in [4.78, 5) is 0. The van der Waals surface area contributed by atoms with Crippen LogP contribution >= 0.6 is 0 Å². The van der Waals surface area contributed by atoms with Crippen molar-refractivity contribution in [3.8, 4) is 0 Å². The van der Waals surface area contributed by atoms with E-state index in [1.54, 1.807) is 0 Å². The van der Waals surface area contributed by atoms with Crippen LogP contribution in [0.25, 0.3) is 0 Å². The largest absolute Gasteiger partial charge is 0.394 e. The van der Waals surface area contributed by atoms with Crippen molar-refractivity contribution in [3.05, 3.63) is 0 Å². The van der Waals surface area contributed by atoms with E-state index in [1.807, 2.05) is 0 Å². The van der Waals surface area contributed by atoms with Crippen molar-refractivity contribution in [2.45, 2.75) is 36.8 Å². The first-order valence-corrected chi connectivity index (χ1v) is 7.32. The quantitative estimate of drug-likeness (QED) is 0.265. The number of rotatable bonds is 6. The van der Waals surface area contributed by atoms with Crippen molar-refractivity contribution in [1.29, 1.82) is 0 Å². The third kappa shape index (κ3) is 4.87.